The van der Waals surface area contributed by atoms with E-state index in [0.717, 1.165) is 0 Å². The van der Waals surface area contributed by atoms with Crippen LogP contribution in [0.2, 0.25) is 0 Å². The molecule has 196 valence electrons. The number of azide groups is 1. The molecular weight excluding hydrogens is 462 g/mol. The van der Waals surface area contributed by atoms with E-state index in [0.29, 0.717) is 0 Å². The van der Waals surface area contributed by atoms with Crippen molar-refractivity contribution in [3.05, 3.63) is 10.4 Å². The Hall–Kier alpha value is -1.21. The monoisotopic (exact) mass is 495 g/mol. The van der Waals surface area contributed by atoms with E-state index in [4.69, 9.17) is 35.9 Å². The lowest BCUT2D eigenvalue weighted by Gasteiger charge is -2.46. The molecule has 0 amide bonds. The van der Waals surface area contributed by atoms with Crippen molar-refractivity contribution in [2.45, 2.75) is 105 Å². The van der Waals surface area contributed by atoms with Crippen molar-refractivity contribution in [2.75, 3.05) is 6.61 Å². The zero-order chi connectivity index (χ0) is 25.3. The van der Waals surface area contributed by atoms with Crippen LogP contribution in [0.3, 0.4) is 0 Å². The van der Waals surface area contributed by atoms with Crippen LogP contribution in [0, 0.1) is 0 Å². The Balaban J connectivity index is 1.72. The van der Waals surface area contributed by atoms with Gasteiger partial charge in [-0.15, -0.1) is 0 Å². The molecule has 34 heavy (non-hydrogen) atoms. The number of nitrogens with zero attached hydrogens (tertiary/aromatic N) is 3. The Bertz CT molecular complexity index is 732. The van der Waals surface area contributed by atoms with Crippen LogP contribution in [-0.4, -0.2) is 134 Å². The highest BCUT2D eigenvalue weighted by molar-refractivity contribution is 5.00. The van der Waals surface area contributed by atoms with Crippen molar-refractivity contribution in [2.24, 2.45) is 16.6 Å². The van der Waals surface area contributed by atoms with Gasteiger partial charge in [0.1, 0.15) is 48.8 Å². The molecule has 1 saturated carbocycles. The quantitative estimate of drug-likeness (QED) is 0.0950. The zero-order valence-corrected chi connectivity index (χ0v) is 18.3. The van der Waals surface area contributed by atoms with Gasteiger partial charge in [-0.05, 0) is 18.9 Å². The van der Waals surface area contributed by atoms with Crippen molar-refractivity contribution in [3.8, 4) is 0 Å². The molecule has 0 spiro atoms. The molecule has 16 heteroatoms. The Morgan fingerprint density at radius 2 is 1.53 bits per heavy atom. The van der Waals surface area contributed by atoms with Crippen LogP contribution in [0.4, 0.5) is 0 Å². The van der Waals surface area contributed by atoms with Crippen molar-refractivity contribution >= 4 is 0 Å². The summed E-state index contributed by atoms with van der Waals surface area (Å²) in [5, 5.41) is 74.6. The van der Waals surface area contributed by atoms with Crippen molar-refractivity contribution < 1.29 is 54.7 Å². The Morgan fingerprint density at radius 3 is 2.18 bits per heavy atom. The number of hydrogen-bond acceptors (Lipinski definition) is 14. The third-order valence-electron chi connectivity index (χ3n) is 6.47. The maximum Gasteiger partial charge on any atom is 0.186 e. The highest BCUT2D eigenvalue weighted by Gasteiger charge is 2.50. The first-order valence-corrected chi connectivity index (χ1v) is 10.9. The van der Waals surface area contributed by atoms with Gasteiger partial charge >= 0.3 is 0 Å². The summed E-state index contributed by atoms with van der Waals surface area (Å²) >= 11 is 0. The second-order valence-corrected chi connectivity index (χ2v) is 8.88. The molecule has 0 aromatic carbocycles. The minimum atomic E-state index is -1.68. The fraction of sp³-hybridized carbons (Fsp3) is 1.00. The van der Waals surface area contributed by atoms with Gasteiger partial charge in [-0.2, -0.15) is 0 Å². The number of aliphatic hydroxyl groups is 7. The predicted molar refractivity (Wildman–Crippen MR) is 109 cm³/mol. The molecule has 0 bridgehead atoms. The second kappa shape index (κ2) is 11.2. The fourth-order valence-electron chi connectivity index (χ4n) is 4.31. The minimum absolute atomic E-state index is 0.1000. The molecule has 2 heterocycles. The number of rotatable bonds is 6. The summed E-state index contributed by atoms with van der Waals surface area (Å²) in [6, 6.07) is -3.07. The van der Waals surface area contributed by atoms with Gasteiger partial charge in [0.15, 0.2) is 12.6 Å². The highest BCUT2D eigenvalue weighted by Crippen LogP contribution is 2.30. The third-order valence-corrected chi connectivity index (χ3v) is 6.47. The molecule has 1 aliphatic carbocycles. The highest BCUT2D eigenvalue weighted by atomic mass is 16.7. The van der Waals surface area contributed by atoms with Crippen molar-refractivity contribution in [1.29, 1.82) is 0 Å². The molecule has 0 aromatic heterocycles. The van der Waals surface area contributed by atoms with Gasteiger partial charge in [-0.1, -0.05) is 5.11 Å². The molecule has 2 aliphatic heterocycles. The summed E-state index contributed by atoms with van der Waals surface area (Å²) in [4.78, 5) is 2.63. The van der Waals surface area contributed by atoms with E-state index in [1.165, 1.54) is 6.92 Å². The van der Waals surface area contributed by atoms with Gasteiger partial charge in [0.2, 0.25) is 0 Å². The van der Waals surface area contributed by atoms with E-state index in [-0.39, 0.29) is 6.42 Å². The summed E-state index contributed by atoms with van der Waals surface area (Å²) in [6.45, 7) is 0.977. The molecule has 11 N–H and O–H groups in total. The molecule has 15 atom stereocenters. The number of nitrogens with two attached hydrogens (primary N) is 2. The SMILES string of the molecule is C[C@@H]1OC(OC[C@H]2OC(O[C@H]3[C@H](O)[C@@H](O)[C@H](N)C[C@@H]3N)[C@H](N=[N+]=[N-])[C@@H](O)[C@@H]2O)[C@@H](O)[C@@H](O)[C@@H]1O. The molecule has 16 nitrogen and oxygen atoms in total. The molecule has 3 fully saturated rings. The predicted octanol–water partition coefficient (Wildman–Crippen LogP) is -4.88. The van der Waals surface area contributed by atoms with E-state index in [1.54, 1.807) is 0 Å². The second-order valence-electron chi connectivity index (χ2n) is 8.88. The standard InChI is InChI=1S/C18H33N5O11/c1-4-9(24)13(28)15(30)18(32-4)31-3-7-11(26)12(27)8(22-23-21)17(33-7)34-16-6(20)2-5(19)10(25)14(16)29/h4-18,24-30H,2-3,19-20H2,1H3/t4-,5+,6-,7+,8+,9+,10-,11+,12+,13-,14+,15-,16+,17?,18?/m0/s1. The summed E-state index contributed by atoms with van der Waals surface area (Å²) in [5.74, 6) is 0. The summed E-state index contributed by atoms with van der Waals surface area (Å²) < 4.78 is 22.1. The van der Waals surface area contributed by atoms with Crippen LogP contribution in [0.5, 0.6) is 0 Å². The normalized spacial score (nSPS) is 52.1. The first kappa shape index (κ1) is 27.4. The van der Waals surface area contributed by atoms with Crippen molar-refractivity contribution in [1.82, 2.24) is 0 Å². The third kappa shape index (κ3) is 5.45. The van der Waals surface area contributed by atoms with E-state index in [9.17, 15) is 35.7 Å². The largest absolute Gasteiger partial charge is 0.390 e. The van der Waals surface area contributed by atoms with Crippen LogP contribution < -0.4 is 11.5 Å². The Labute approximate surface area is 194 Å². The maximum absolute atomic E-state index is 10.5. The van der Waals surface area contributed by atoms with Gasteiger partial charge in [-0.25, -0.2) is 0 Å². The minimum Gasteiger partial charge on any atom is -0.390 e. The summed E-state index contributed by atoms with van der Waals surface area (Å²) in [5.41, 5.74) is 20.6. The number of hydrogen-bond donors (Lipinski definition) is 9. The fourth-order valence-corrected chi connectivity index (χ4v) is 4.31. The molecular formula is C18H33N5O11. The summed E-state index contributed by atoms with van der Waals surface area (Å²) in [7, 11) is 0. The van der Waals surface area contributed by atoms with E-state index in [2.05, 4.69) is 10.0 Å². The van der Waals surface area contributed by atoms with Gasteiger partial charge in [0.25, 0.3) is 0 Å². The van der Waals surface area contributed by atoms with E-state index in [1.807, 2.05) is 0 Å². The Morgan fingerprint density at radius 1 is 0.853 bits per heavy atom. The van der Waals surface area contributed by atoms with E-state index >= 15 is 0 Å². The zero-order valence-electron chi connectivity index (χ0n) is 18.3. The molecule has 0 radical (unpaired) electrons. The van der Waals surface area contributed by atoms with Gasteiger partial charge in [0, 0.05) is 17.0 Å². The molecule has 0 aromatic rings. The van der Waals surface area contributed by atoms with Crippen molar-refractivity contribution in [3.63, 3.8) is 0 Å². The molecule has 3 aliphatic rings. The molecule has 3 rings (SSSR count). The smallest absolute Gasteiger partial charge is 0.186 e. The lowest BCUT2D eigenvalue weighted by Crippen LogP contribution is -2.65. The van der Waals surface area contributed by atoms with Gasteiger partial charge in [0.05, 0.1) is 24.9 Å². The summed E-state index contributed by atoms with van der Waals surface area (Å²) in [6.07, 6.45) is -16.9. The van der Waals surface area contributed by atoms with Crippen LogP contribution in [-0.2, 0) is 18.9 Å². The first-order valence-electron chi connectivity index (χ1n) is 10.9. The average Bonchev–Trinajstić information content (AvgIpc) is 2.80. The lowest BCUT2D eigenvalue weighted by atomic mass is 9.84. The number of aliphatic hydroxyl groups excluding tert-OH is 7. The first-order chi connectivity index (χ1) is 16.0. The number of ether oxygens (including phenoxy) is 4. The van der Waals surface area contributed by atoms with Crippen LogP contribution in [0.25, 0.3) is 10.4 Å². The Kier molecular flexibility index (Phi) is 9.05. The molecule has 2 saturated heterocycles. The lowest BCUT2D eigenvalue weighted by molar-refractivity contribution is -0.323. The van der Waals surface area contributed by atoms with Crippen LogP contribution >= 0.6 is 0 Å². The van der Waals surface area contributed by atoms with Gasteiger partial charge in [-0.3, -0.25) is 0 Å². The van der Waals surface area contributed by atoms with Crippen LogP contribution in [0.1, 0.15) is 13.3 Å². The van der Waals surface area contributed by atoms with E-state index < -0.39 is 98.4 Å². The maximum atomic E-state index is 10.5. The topological polar surface area (TPSA) is 279 Å². The molecule has 2 unspecified atom stereocenters. The van der Waals surface area contributed by atoms with Gasteiger partial charge < -0.3 is 66.2 Å². The average molecular weight is 495 g/mol. The van der Waals surface area contributed by atoms with Crippen LogP contribution in [0.15, 0.2) is 5.11 Å².